The van der Waals surface area contributed by atoms with Gasteiger partial charge in [0.05, 0.1) is 11.3 Å². The van der Waals surface area contributed by atoms with E-state index >= 15 is 0 Å². The molecule has 1 atom stereocenters. The van der Waals surface area contributed by atoms with E-state index in [4.69, 9.17) is 17.5 Å². The van der Waals surface area contributed by atoms with Crippen LogP contribution in [0.3, 0.4) is 0 Å². The lowest BCUT2D eigenvalue weighted by molar-refractivity contribution is 0.563. The fraction of sp³-hybridized carbons (Fsp3) is 0.875. The van der Waals surface area contributed by atoms with E-state index in [-0.39, 0.29) is 5.25 Å². The Morgan fingerprint density at radius 1 is 1.00 bits per heavy atom. The molecule has 20 heavy (non-hydrogen) atoms. The first-order valence-electron chi connectivity index (χ1n) is 7.93. The Balaban J connectivity index is 3.17. The van der Waals surface area contributed by atoms with Crippen molar-refractivity contribution < 1.29 is 0 Å². The third-order valence-corrected chi connectivity index (χ3v) is 5.84. The van der Waals surface area contributed by atoms with E-state index in [2.05, 4.69) is 13.0 Å². The van der Waals surface area contributed by atoms with Gasteiger partial charge in [0.1, 0.15) is 3.53 Å². The molecule has 0 spiro atoms. The molecule has 0 aromatic carbocycles. The Hall–Kier alpha value is 0.280. The van der Waals surface area contributed by atoms with Crippen LogP contribution in [0.5, 0.6) is 0 Å². The zero-order chi connectivity index (χ0) is 15.1. The van der Waals surface area contributed by atoms with Crippen LogP contribution in [0.2, 0.25) is 0 Å². The van der Waals surface area contributed by atoms with Crippen molar-refractivity contribution in [3.63, 3.8) is 0 Å². The minimum absolute atomic E-state index is 0.0114. The fourth-order valence-electron chi connectivity index (χ4n) is 1.95. The summed E-state index contributed by atoms with van der Waals surface area (Å²) in [5, 5.41) is 8.69. The molecule has 0 amide bonds. The molecule has 116 valence electrons. The van der Waals surface area contributed by atoms with Crippen LogP contribution < -0.4 is 0 Å². The van der Waals surface area contributed by atoms with E-state index in [1.807, 2.05) is 6.92 Å². The van der Waals surface area contributed by atoms with Crippen LogP contribution in [0.15, 0.2) is 0 Å². The van der Waals surface area contributed by atoms with Gasteiger partial charge in [-0.2, -0.15) is 5.26 Å². The van der Waals surface area contributed by atoms with Crippen molar-refractivity contribution in [2.24, 2.45) is 0 Å². The first-order chi connectivity index (χ1) is 9.70. The lowest BCUT2D eigenvalue weighted by atomic mass is 10.1. The molecule has 0 aliphatic rings. The van der Waals surface area contributed by atoms with E-state index in [9.17, 15) is 0 Å². The predicted octanol–water partition coefficient (Wildman–Crippen LogP) is 6.57. The highest BCUT2D eigenvalue weighted by Gasteiger charge is 2.05. The second-order valence-electron chi connectivity index (χ2n) is 5.17. The van der Waals surface area contributed by atoms with Gasteiger partial charge in [0.25, 0.3) is 0 Å². The number of nitrogens with zero attached hydrogens (tertiary/aromatic N) is 1. The maximum Gasteiger partial charge on any atom is 0.105 e. The van der Waals surface area contributed by atoms with Crippen LogP contribution in [-0.4, -0.2) is 14.5 Å². The van der Waals surface area contributed by atoms with Crippen LogP contribution in [0.4, 0.5) is 0 Å². The Morgan fingerprint density at radius 2 is 1.50 bits per heavy atom. The van der Waals surface area contributed by atoms with Gasteiger partial charge in [-0.15, -0.1) is 11.8 Å². The number of nitriles is 1. The molecule has 0 fully saturated rings. The van der Waals surface area contributed by atoms with E-state index in [1.165, 1.54) is 76.0 Å². The second kappa shape index (κ2) is 15.7. The number of rotatable bonds is 12. The van der Waals surface area contributed by atoms with Crippen LogP contribution in [0.1, 0.15) is 78.1 Å². The van der Waals surface area contributed by atoms with Gasteiger partial charge in [-0.3, -0.25) is 0 Å². The highest BCUT2D eigenvalue weighted by atomic mass is 32.2. The molecule has 0 bridgehead atoms. The number of thiocarbonyl (C=S) groups is 1. The lowest BCUT2D eigenvalue weighted by Crippen LogP contribution is -1.95. The summed E-state index contributed by atoms with van der Waals surface area (Å²) in [6.07, 6.45) is 13.7. The molecule has 0 saturated heterocycles. The first kappa shape index (κ1) is 20.3. The Kier molecular flexibility index (Phi) is 15.9. The van der Waals surface area contributed by atoms with Crippen molar-refractivity contribution in [1.82, 2.24) is 0 Å². The zero-order valence-corrected chi connectivity index (χ0v) is 15.5. The summed E-state index contributed by atoms with van der Waals surface area (Å²) < 4.78 is 0.926. The van der Waals surface area contributed by atoms with Crippen LogP contribution in [-0.2, 0) is 0 Å². The monoisotopic (exact) mass is 331 g/mol. The normalized spacial score (nSPS) is 12.1. The second-order valence-corrected chi connectivity index (χ2v) is 8.81. The van der Waals surface area contributed by atoms with E-state index < -0.39 is 0 Å². The third-order valence-electron chi connectivity index (χ3n) is 3.17. The largest absolute Gasteiger partial charge is 0.197 e. The van der Waals surface area contributed by atoms with Gasteiger partial charge in [0.15, 0.2) is 0 Å². The molecule has 1 unspecified atom stereocenters. The van der Waals surface area contributed by atoms with Crippen LogP contribution in [0, 0.1) is 11.3 Å². The molecule has 0 aromatic rings. The summed E-state index contributed by atoms with van der Waals surface area (Å²) in [7, 11) is 0. The number of unbranched alkanes of at least 4 members (excludes halogenated alkanes) is 9. The van der Waals surface area contributed by atoms with Gasteiger partial charge in [-0.25, -0.2) is 0 Å². The first-order valence-corrected chi connectivity index (χ1v) is 10.2. The van der Waals surface area contributed by atoms with Gasteiger partial charge in [-0.05, 0) is 19.1 Å². The van der Waals surface area contributed by atoms with Gasteiger partial charge in [0, 0.05) is 0 Å². The van der Waals surface area contributed by atoms with Gasteiger partial charge in [-0.1, -0.05) is 88.7 Å². The molecule has 0 aromatic heterocycles. The minimum atomic E-state index is -0.0114. The predicted molar refractivity (Wildman–Crippen MR) is 99.6 cm³/mol. The highest BCUT2D eigenvalue weighted by Crippen LogP contribution is 2.22. The van der Waals surface area contributed by atoms with E-state index in [0.29, 0.717) is 0 Å². The van der Waals surface area contributed by atoms with Crippen molar-refractivity contribution in [3.05, 3.63) is 0 Å². The smallest absolute Gasteiger partial charge is 0.105 e. The maximum absolute atomic E-state index is 8.70. The van der Waals surface area contributed by atoms with Crippen molar-refractivity contribution in [2.75, 3.05) is 5.75 Å². The maximum atomic E-state index is 8.70. The van der Waals surface area contributed by atoms with Gasteiger partial charge < -0.3 is 0 Å². The average Bonchev–Trinajstić information content (AvgIpc) is 2.44. The Morgan fingerprint density at radius 3 is 2.00 bits per heavy atom. The summed E-state index contributed by atoms with van der Waals surface area (Å²) >= 11 is 8.50. The molecular weight excluding hydrogens is 302 g/mol. The molecule has 0 heterocycles. The Labute approximate surface area is 139 Å². The average molecular weight is 332 g/mol. The van der Waals surface area contributed by atoms with Crippen molar-refractivity contribution >= 4 is 39.3 Å². The zero-order valence-electron chi connectivity index (χ0n) is 13.0. The molecule has 0 rings (SSSR count). The summed E-state index contributed by atoms with van der Waals surface area (Å²) in [6.45, 7) is 4.17. The fourth-order valence-corrected chi connectivity index (χ4v) is 4.44. The molecule has 0 N–H and O–H groups in total. The van der Waals surface area contributed by atoms with Crippen LogP contribution in [0.25, 0.3) is 0 Å². The molecule has 1 nitrogen and oxygen atoms in total. The lowest BCUT2D eigenvalue weighted by Gasteiger charge is -2.04. The van der Waals surface area contributed by atoms with Crippen LogP contribution >= 0.6 is 35.7 Å². The van der Waals surface area contributed by atoms with Crippen molar-refractivity contribution in [1.29, 1.82) is 5.26 Å². The van der Waals surface area contributed by atoms with Crippen molar-refractivity contribution in [3.8, 4) is 6.07 Å². The topological polar surface area (TPSA) is 23.8 Å². The van der Waals surface area contributed by atoms with E-state index in [0.717, 1.165) is 9.28 Å². The third kappa shape index (κ3) is 14.7. The molecular formula is C16H29NS3. The summed E-state index contributed by atoms with van der Waals surface area (Å²) in [5.74, 6) is 1.11. The number of hydrogen-bond acceptors (Lipinski definition) is 4. The number of hydrogen-bond donors (Lipinski definition) is 0. The summed E-state index contributed by atoms with van der Waals surface area (Å²) in [6, 6.07) is 2.20. The highest BCUT2D eigenvalue weighted by molar-refractivity contribution is 8.47. The molecule has 0 aliphatic heterocycles. The minimum Gasteiger partial charge on any atom is -0.197 e. The molecule has 0 radical (unpaired) electrons. The van der Waals surface area contributed by atoms with Crippen molar-refractivity contribution in [2.45, 2.75) is 83.3 Å². The SMILES string of the molecule is CCCCCCCCCCCCSC(=S)SC(C)C#N. The summed E-state index contributed by atoms with van der Waals surface area (Å²) in [5.41, 5.74) is 0. The van der Waals surface area contributed by atoms with E-state index in [1.54, 1.807) is 11.8 Å². The molecule has 4 heteroatoms. The quantitative estimate of drug-likeness (QED) is 0.298. The Bertz CT molecular complexity index is 273. The van der Waals surface area contributed by atoms with Gasteiger partial charge in [0.2, 0.25) is 0 Å². The summed E-state index contributed by atoms with van der Waals surface area (Å²) in [4.78, 5) is 0. The van der Waals surface area contributed by atoms with Gasteiger partial charge >= 0.3 is 0 Å². The number of thioether (sulfide) groups is 2. The molecule has 0 saturated carbocycles. The molecule has 0 aliphatic carbocycles. The standard InChI is InChI=1S/C16H29NS3/c1-3-4-5-6-7-8-9-10-11-12-13-19-16(18)20-15(2)14-17/h15H,3-13H2,1-2H3.